The van der Waals surface area contributed by atoms with E-state index in [-0.39, 0.29) is 0 Å². The molecule has 0 spiro atoms. The molecule has 0 N–H and O–H groups in total. The molecule has 52 valence electrons. The predicted molar refractivity (Wildman–Crippen MR) is 45.0 cm³/mol. The van der Waals surface area contributed by atoms with E-state index in [9.17, 15) is 0 Å². The van der Waals surface area contributed by atoms with Gasteiger partial charge in [0.2, 0.25) is 0 Å². The molecular formula is C8H11BO. The fourth-order valence-electron chi connectivity index (χ4n) is 0.928. The highest BCUT2D eigenvalue weighted by Gasteiger charge is 1.95. The molecule has 0 atom stereocenters. The first-order chi connectivity index (χ1) is 4.84. The van der Waals surface area contributed by atoms with Crippen molar-refractivity contribution in [1.29, 1.82) is 0 Å². The van der Waals surface area contributed by atoms with Crippen molar-refractivity contribution in [2.24, 2.45) is 0 Å². The Balaban J connectivity index is 2.81. The van der Waals surface area contributed by atoms with Gasteiger partial charge >= 0.3 is 7.48 Å². The third kappa shape index (κ3) is 1.61. The lowest BCUT2D eigenvalue weighted by molar-refractivity contribution is 0.450. The van der Waals surface area contributed by atoms with E-state index in [1.54, 1.807) is 7.11 Å². The van der Waals surface area contributed by atoms with Gasteiger partial charge < -0.3 is 4.65 Å². The quantitative estimate of drug-likeness (QED) is 0.538. The van der Waals surface area contributed by atoms with E-state index in [2.05, 4.69) is 19.1 Å². The van der Waals surface area contributed by atoms with Crippen molar-refractivity contribution in [2.75, 3.05) is 7.11 Å². The van der Waals surface area contributed by atoms with Gasteiger partial charge in [-0.15, -0.1) is 0 Å². The minimum Gasteiger partial charge on any atom is -0.437 e. The Kier molecular flexibility index (Phi) is 2.52. The Morgan fingerprint density at radius 3 is 2.60 bits per heavy atom. The first-order valence-corrected chi connectivity index (χ1v) is 3.38. The smallest absolute Gasteiger partial charge is 0.308 e. The summed E-state index contributed by atoms with van der Waals surface area (Å²) in [6, 6.07) is 8.24. The van der Waals surface area contributed by atoms with Crippen LogP contribution in [0.4, 0.5) is 0 Å². The van der Waals surface area contributed by atoms with Crippen LogP contribution in [0.5, 0.6) is 0 Å². The molecule has 0 heterocycles. The Bertz CT molecular complexity index is 210. The summed E-state index contributed by atoms with van der Waals surface area (Å²) in [4.78, 5) is 0. The summed E-state index contributed by atoms with van der Waals surface area (Å²) < 4.78 is 5.01. The predicted octanol–water partition coefficient (Wildman–Crippen LogP) is 0.618. The number of rotatable bonds is 2. The molecule has 0 fully saturated rings. The van der Waals surface area contributed by atoms with E-state index in [0.29, 0.717) is 7.48 Å². The minimum absolute atomic E-state index is 0.715. The van der Waals surface area contributed by atoms with Gasteiger partial charge in [-0.3, -0.25) is 0 Å². The largest absolute Gasteiger partial charge is 0.437 e. The monoisotopic (exact) mass is 134 g/mol. The molecule has 0 amide bonds. The molecule has 0 aliphatic heterocycles. The summed E-state index contributed by atoms with van der Waals surface area (Å²) in [7, 11) is 2.43. The molecule has 10 heavy (non-hydrogen) atoms. The van der Waals surface area contributed by atoms with Crippen molar-refractivity contribution >= 4 is 12.9 Å². The van der Waals surface area contributed by atoms with E-state index >= 15 is 0 Å². The zero-order chi connectivity index (χ0) is 7.40. The molecule has 0 bridgehead atoms. The maximum Gasteiger partial charge on any atom is 0.308 e. The van der Waals surface area contributed by atoms with Crippen LogP contribution < -0.4 is 5.46 Å². The maximum absolute atomic E-state index is 5.01. The molecule has 0 radical (unpaired) electrons. The van der Waals surface area contributed by atoms with E-state index < -0.39 is 0 Å². The van der Waals surface area contributed by atoms with Crippen molar-refractivity contribution in [3.63, 3.8) is 0 Å². The number of hydrogen-bond acceptors (Lipinski definition) is 1. The second-order valence-electron chi connectivity index (χ2n) is 2.36. The number of benzene rings is 1. The highest BCUT2D eigenvalue weighted by atomic mass is 16.4. The lowest BCUT2D eigenvalue weighted by Crippen LogP contribution is -2.18. The second kappa shape index (κ2) is 3.42. The molecule has 0 aliphatic carbocycles. The van der Waals surface area contributed by atoms with E-state index in [1.165, 1.54) is 11.0 Å². The average molecular weight is 134 g/mol. The van der Waals surface area contributed by atoms with Gasteiger partial charge in [-0.25, -0.2) is 0 Å². The van der Waals surface area contributed by atoms with Crippen LogP contribution in [-0.4, -0.2) is 14.6 Å². The fourth-order valence-corrected chi connectivity index (χ4v) is 0.928. The van der Waals surface area contributed by atoms with Crippen LogP contribution in [0, 0.1) is 6.92 Å². The lowest BCUT2D eigenvalue weighted by atomic mass is 9.85. The topological polar surface area (TPSA) is 9.23 Å². The molecular weight excluding hydrogens is 123 g/mol. The van der Waals surface area contributed by atoms with Gasteiger partial charge in [0.1, 0.15) is 0 Å². The van der Waals surface area contributed by atoms with Crippen molar-refractivity contribution in [3.05, 3.63) is 29.8 Å². The molecule has 0 unspecified atom stereocenters. The van der Waals surface area contributed by atoms with Gasteiger partial charge in [-0.05, 0) is 12.4 Å². The van der Waals surface area contributed by atoms with Gasteiger partial charge in [0, 0.05) is 7.11 Å². The third-order valence-electron chi connectivity index (χ3n) is 1.56. The number of hydrogen-bond donors (Lipinski definition) is 0. The minimum atomic E-state index is 0.715. The first kappa shape index (κ1) is 7.35. The van der Waals surface area contributed by atoms with Gasteiger partial charge in [-0.1, -0.05) is 29.8 Å². The molecule has 0 aliphatic rings. The van der Waals surface area contributed by atoms with Crippen LogP contribution in [0.25, 0.3) is 0 Å². The molecule has 2 heteroatoms. The summed E-state index contributed by atoms with van der Waals surface area (Å²) in [5, 5.41) is 0. The van der Waals surface area contributed by atoms with Gasteiger partial charge in [0.05, 0.1) is 0 Å². The standard InChI is InChI=1S/C8H11BO/c1-7-5-3-4-6-8(7)9-10-2/h3-6,9H,1-2H3. The summed E-state index contributed by atoms with van der Waals surface area (Å²) in [6.45, 7) is 2.09. The molecule has 1 aromatic rings. The molecule has 0 aromatic heterocycles. The van der Waals surface area contributed by atoms with Gasteiger partial charge in [-0.2, -0.15) is 0 Å². The van der Waals surface area contributed by atoms with Crippen LogP contribution in [0.15, 0.2) is 24.3 Å². The van der Waals surface area contributed by atoms with Crippen LogP contribution in [0.3, 0.4) is 0 Å². The molecule has 1 rings (SSSR count). The van der Waals surface area contributed by atoms with E-state index in [4.69, 9.17) is 4.65 Å². The summed E-state index contributed by atoms with van der Waals surface area (Å²) >= 11 is 0. The third-order valence-corrected chi connectivity index (χ3v) is 1.56. The van der Waals surface area contributed by atoms with Crippen LogP contribution in [0.2, 0.25) is 0 Å². The van der Waals surface area contributed by atoms with Crippen LogP contribution >= 0.6 is 0 Å². The van der Waals surface area contributed by atoms with Gasteiger partial charge in [0.25, 0.3) is 0 Å². The normalized spacial score (nSPS) is 9.40. The zero-order valence-electron chi connectivity index (χ0n) is 6.42. The van der Waals surface area contributed by atoms with Crippen molar-refractivity contribution in [3.8, 4) is 0 Å². The zero-order valence-corrected chi connectivity index (χ0v) is 6.42. The Morgan fingerprint density at radius 1 is 1.30 bits per heavy atom. The summed E-state index contributed by atoms with van der Waals surface area (Å²) in [5.41, 5.74) is 2.56. The lowest BCUT2D eigenvalue weighted by Gasteiger charge is -2.00. The van der Waals surface area contributed by atoms with Crippen molar-refractivity contribution in [1.82, 2.24) is 0 Å². The molecule has 1 aromatic carbocycles. The SMILES string of the molecule is COBc1ccccc1C. The Labute approximate surface area is 62.3 Å². The summed E-state index contributed by atoms with van der Waals surface area (Å²) in [5.74, 6) is 0. The molecule has 1 nitrogen and oxygen atoms in total. The van der Waals surface area contributed by atoms with Gasteiger partial charge in [0.15, 0.2) is 0 Å². The van der Waals surface area contributed by atoms with E-state index in [0.717, 1.165) is 0 Å². The van der Waals surface area contributed by atoms with E-state index in [1.807, 2.05) is 12.1 Å². The van der Waals surface area contributed by atoms with Crippen LogP contribution in [-0.2, 0) is 4.65 Å². The average Bonchev–Trinajstić information content (AvgIpc) is 1.94. The van der Waals surface area contributed by atoms with Crippen LogP contribution in [0.1, 0.15) is 5.56 Å². The summed E-state index contributed by atoms with van der Waals surface area (Å²) in [6.07, 6.45) is 0. The molecule has 0 saturated carbocycles. The van der Waals surface area contributed by atoms with Crippen molar-refractivity contribution < 1.29 is 4.65 Å². The Morgan fingerprint density at radius 2 is 2.00 bits per heavy atom. The number of aryl methyl sites for hydroxylation is 1. The highest BCUT2D eigenvalue weighted by Crippen LogP contribution is 1.91. The Hall–Kier alpha value is -0.755. The highest BCUT2D eigenvalue weighted by molar-refractivity contribution is 6.47. The maximum atomic E-state index is 5.01. The first-order valence-electron chi connectivity index (χ1n) is 3.38. The second-order valence-corrected chi connectivity index (χ2v) is 2.36. The molecule has 0 saturated heterocycles. The van der Waals surface area contributed by atoms with Crippen molar-refractivity contribution in [2.45, 2.75) is 6.92 Å². The fraction of sp³-hybridized carbons (Fsp3) is 0.250.